The Kier molecular flexibility index (Phi) is 7.32. The van der Waals surface area contributed by atoms with Crippen LogP contribution in [0.5, 0.6) is 17.2 Å². The fourth-order valence-electron chi connectivity index (χ4n) is 5.29. The first-order valence-electron chi connectivity index (χ1n) is 12.5. The van der Waals surface area contributed by atoms with E-state index in [1.807, 2.05) is 22.4 Å². The highest BCUT2D eigenvalue weighted by molar-refractivity contribution is 7.09. The van der Waals surface area contributed by atoms with Crippen molar-refractivity contribution in [2.45, 2.75) is 37.6 Å². The number of nitrogens with zero attached hydrogens (tertiary/aromatic N) is 2. The maximum atomic E-state index is 13.3. The molecule has 0 saturated carbocycles. The van der Waals surface area contributed by atoms with Gasteiger partial charge in [-0.2, -0.15) is 0 Å². The van der Waals surface area contributed by atoms with Crippen molar-refractivity contribution in [2.75, 3.05) is 34.4 Å². The summed E-state index contributed by atoms with van der Waals surface area (Å²) in [6.07, 6.45) is 3.47. The molecule has 2 heterocycles. The van der Waals surface area contributed by atoms with Crippen molar-refractivity contribution in [3.63, 3.8) is 0 Å². The van der Waals surface area contributed by atoms with E-state index in [2.05, 4.69) is 22.4 Å². The largest absolute Gasteiger partial charge is 0.493 e. The Hall–Kier alpha value is -3.59. The van der Waals surface area contributed by atoms with Crippen LogP contribution in [-0.4, -0.2) is 56.1 Å². The van der Waals surface area contributed by atoms with Gasteiger partial charge in [0.25, 0.3) is 11.8 Å². The number of methoxy groups -OCH3 is 3. The molecule has 2 aliphatic rings. The summed E-state index contributed by atoms with van der Waals surface area (Å²) in [5, 5.41) is 5.95. The zero-order valence-electron chi connectivity index (χ0n) is 21.3. The van der Waals surface area contributed by atoms with Gasteiger partial charge in [-0.1, -0.05) is 24.3 Å². The van der Waals surface area contributed by atoms with Gasteiger partial charge in [-0.15, -0.1) is 11.3 Å². The minimum absolute atomic E-state index is 0.0386. The van der Waals surface area contributed by atoms with E-state index in [1.165, 1.54) is 36.7 Å². The van der Waals surface area contributed by atoms with Gasteiger partial charge in [0.1, 0.15) is 5.69 Å². The molecule has 1 saturated heterocycles. The van der Waals surface area contributed by atoms with E-state index < -0.39 is 0 Å². The minimum Gasteiger partial charge on any atom is -0.493 e. The summed E-state index contributed by atoms with van der Waals surface area (Å²) < 4.78 is 16.3. The van der Waals surface area contributed by atoms with Crippen molar-refractivity contribution in [1.29, 1.82) is 0 Å². The maximum Gasteiger partial charge on any atom is 0.271 e. The molecule has 0 bridgehead atoms. The normalized spacial score (nSPS) is 17.3. The van der Waals surface area contributed by atoms with E-state index in [4.69, 9.17) is 14.2 Å². The van der Waals surface area contributed by atoms with Crippen LogP contribution in [0.2, 0.25) is 0 Å². The van der Waals surface area contributed by atoms with Gasteiger partial charge >= 0.3 is 0 Å². The predicted octanol–water partition coefficient (Wildman–Crippen LogP) is 4.61. The van der Waals surface area contributed by atoms with Gasteiger partial charge in [0, 0.05) is 24.4 Å². The van der Waals surface area contributed by atoms with Gasteiger partial charge in [-0.25, -0.2) is 4.98 Å². The monoisotopic (exact) mass is 521 g/mol. The summed E-state index contributed by atoms with van der Waals surface area (Å²) in [4.78, 5) is 32.7. The molecule has 1 N–H and O–H groups in total. The summed E-state index contributed by atoms with van der Waals surface area (Å²) in [5.41, 5.74) is 3.42. The van der Waals surface area contributed by atoms with Crippen LogP contribution in [0.1, 0.15) is 68.2 Å². The molecule has 9 heteroatoms. The van der Waals surface area contributed by atoms with Gasteiger partial charge in [-0.3, -0.25) is 9.59 Å². The first-order valence-corrected chi connectivity index (χ1v) is 13.3. The molecule has 1 aliphatic carbocycles. The van der Waals surface area contributed by atoms with Crippen molar-refractivity contribution in [2.24, 2.45) is 0 Å². The highest BCUT2D eigenvalue weighted by atomic mass is 32.1. The molecule has 5 rings (SSSR count). The number of nitrogens with one attached hydrogen (secondary N) is 1. The number of rotatable bonds is 7. The molecule has 2 amide bonds. The van der Waals surface area contributed by atoms with Crippen molar-refractivity contribution in [1.82, 2.24) is 15.2 Å². The number of carbonyl (C=O) groups is 2. The molecule has 37 heavy (non-hydrogen) atoms. The van der Waals surface area contributed by atoms with Gasteiger partial charge in [0.2, 0.25) is 5.75 Å². The number of hydrogen-bond acceptors (Lipinski definition) is 7. The standard InChI is InChI=1S/C28H31N3O5S/c1-34-23-11-9-20(24(35-2)25(23)36-3)28(33)31-14-12-18(13-15-31)27-30-22(16-37-27)26(32)29-21-10-8-17-6-4-5-7-19(17)21/h4-7,9,11,16,18,21H,8,10,12-15H2,1-3H3,(H,29,32). The Bertz CT molecular complexity index is 1300. The Balaban J connectivity index is 1.21. The van der Waals surface area contributed by atoms with E-state index >= 15 is 0 Å². The number of carbonyl (C=O) groups excluding carboxylic acids is 2. The average Bonchev–Trinajstić information content (AvgIpc) is 3.60. The number of hydrogen-bond donors (Lipinski definition) is 1. The second kappa shape index (κ2) is 10.8. The second-order valence-electron chi connectivity index (χ2n) is 9.28. The number of piperidine rings is 1. The van der Waals surface area contributed by atoms with Crippen LogP contribution in [0.4, 0.5) is 0 Å². The first-order chi connectivity index (χ1) is 18.0. The lowest BCUT2D eigenvalue weighted by molar-refractivity contribution is 0.0708. The molecule has 194 valence electrons. The zero-order valence-corrected chi connectivity index (χ0v) is 22.1. The minimum atomic E-state index is -0.127. The molecule has 1 aliphatic heterocycles. The fraction of sp³-hybridized carbons (Fsp3) is 0.393. The van der Waals surface area contributed by atoms with E-state index in [9.17, 15) is 9.59 Å². The number of fused-ring (bicyclic) bond motifs is 1. The molecule has 3 aromatic rings. The van der Waals surface area contributed by atoms with Crippen LogP contribution < -0.4 is 19.5 Å². The van der Waals surface area contributed by atoms with Crippen LogP contribution in [0.25, 0.3) is 0 Å². The number of aromatic nitrogens is 1. The van der Waals surface area contributed by atoms with Crippen LogP contribution in [0.15, 0.2) is 41.8 Å². The smallest absolute Gasteiger partial charge is 0.271 e. The topological polar surface area (TPSA) is 90.0 Å². The lowest BCUT2D eigenvalue weighted by atomic mass is 9.96. The van der Waals surface area contributed by atoms with Crippen molar-refractivity contribution in [3.05, 3.63) is 69.2 Å². The Morgan fingerprint density at radius 3 is 2.46 bits per heavy atom. The molecule has 8 nitrogen and oxygen atoms in total. The van der Waals surface area contributed by atoms with Crippen LogP contribution in [0.3, 0.4) is 0 Å². The van der Waals surface area contributed by atoms with Crippen molar-refractivity contribution < 1.29 is 23.8 Å². The first kappa shape index (κ1) is 25.1. The third-order valence-electron chi connectivity index (χ3n) is 7.26. The molecule has 1 aromatic heterocycles. The Morgan fingerprint density at radius 2 is 1.73 bits per heavy atom. The number of aryl methyl sites for hydroxylation is 1. The molecule has 0 spiro atoms. The summed E-state index contributed by atoms with van der Waals surface area (Å²) in [6, 6.07) is 11.7. The zero-order chi connectivity index (χ0) is 25.9. The number of ether oxygens (including phenoxy) is 3. The van der Waals surface area contributed by atoms with Gasteiger partial charge < -0.3 is 24.4 Å². The third-order valence-corrected chi connectivity index (χ3v) is 8.27. The average molecular weight is 522 g/mol. The van der Waals surface area contributed by atoms with Crippen molar-refractivity contribution >= 4 is 23.2 Å². The molecule has 0 radical (unpaired) electrons. The Morgan fingerprint density at radius 1 is 0.973 bits per heavy atom. The number of benzene rings is 2. The van der Waals surface area contributed by atoms with E-state index in [0.29, 0.717) is 41.6 Å². The van der Waals surface area contributed by atoms with Crippen LogP contribution in [-0.2, 0) is 6.42 Å². The van der Waals surface area contributed by atoms with Gasteiger partial charge in [0.05, 0.1) is 37.9 Å². The summed E-state index contributed by atoms with van der Waals surface area (Å²) in [7, 11) is 4.59. The summed E-state index contributed by atoms with van der Waals surface area (Å²) in [5.74, 6) is 1.27. The lowest BCUT2D eigenvalue weighted by Gasteiger charge is -2.31. The van der Waals surface area contributed by atoms with E-state index in [0.717, 1.165) is 30.7 Å². The quantitative estimate of drug-likeness (QED) is 0.489. The lowest BCUT2D eigenvalue weighted by Crippen LogP contribution is -2.38. The predicted molar refractivity (Wildman–Crippen MR) is 141 cm³/mol. The van der Waals surface area contributed by atoms with Crippen molar-refractivity contribution in [3.8, 4) is 17.2 Å². The molecule has 2 aromatic carbocycles. The Labute approximate surface area is 220 Å². The number of likely N-dealkylation sites (tertiary alicyclic amines) is 1. The number of thiazole rings is 1. The maximum absolute atomic E-state index is 13.3. The summed E-state index contributed by atoms with van der Waals surface area (Å²) in [6.45, 7) is 1.20. The van der Waals surface area contributed by atoms with E-state index in [1.54, 1.807) is 19.2 Å². The third kappa shape index (κ3) is 4.87. The van der Waals surface area contributed by atoms with Crippen LogP contribution in [0, 0.1) is 0 Å². The van der Waals surface area contributed by atoms with Crippen LogP contribution >= 0.6 is 11.3 Å². The van der Waals surface area contributed by atoms with E-state index in [-0.39, 0.29) is 23.8 Å². The summed E-state index contributed by atoms with van der Waals surface area (Å²) >= 11 is 1.52. The highest BCUT2D eigenvalue weighted by Gasteiger charge is 2.30. The SMILES string of the molecule is COc1ccc(C(=O)N2CCC(c3nc(C(=O)NC4CCc5ccccc54)cs3)CC2)c(OC)c1OC. The molecule has 1 atom stereocenters. The molecular formula is C28H31N3O5S. The van der Waals surface area contributed by atoms with Gasteiger partial charge in [-0.05, 0) is 48.9 Å². The molecular weight excluding hydrogens is 490 g/mol. The number of amides is 2. The fourth-order valence-corrected chi connectivity index (χ4v) is 6.26. The highest BCUT2D eigenvalue weighted by Crippen LogP contribution is 2.41. The van der Waals surface area contributed by atoms with Gasteiger partial charge in [0.15, 0.2) is 11.5 Å². The second-order valence-corrected chi connectivity index (χ2v) is 10.2. The molecule has 1 fully saturated rings. The molecule has 1 unspecified atom stereocenters.